The maximum atomic E-state index is 12.0. The van der Waals surface area contributed by atoms with Crippen LogP contribution >= 0.6 is 11.6 Å². The lowest BCUT2D eigenvalue weighted by Gasteiger charge is -2.27. The summed E-state index contributed by atoms with van der Waals surface area (Å²) in [6.07, 6.45) is -0.0445. The van der Waals surface area contributed by atoms with Crippen LogP contribution in [0, 0.1) is 0 Å². The molecule has 0 fully saturated rings. The van der Waals surface area contributed by atoms with E-state index in [1.54, 1.807) is 43.3 Å². The Hall–Kier alpha value is -2.20. The topological polar surface area (TPSA) is 44.8 Å². The summed E-state index contributed by atoms with van der Waals surface area (Å²) >= 11 is 5.94. The molecule has 0 atom stereocenters. The average Bonchev–Trinajstić information content (AvgIpc) is 2.87. The molecular formula is C17H15ClO4. The van der Waals surface area contributed by atoms with Gasteiger partial charge in [-0.1, -0.05) is 23.7 Å². The molecule has 1 heterocycles. The van der Waals surface area contributed by atoms with Crippen molar-refractivity contribution >= 4 is 17.6 Å². The van der Waals surface area contributed by atoms with E-state index in [1.807, 2.05) is 12.1 Å². The van der Waals surface area contributed by atoms with Crippen LogP contribution in [0.4, 0.5) is 0 Å². The minimum Gasteiger partial charge on any atom is -0.466 e. The molecule has 3 rings (SSSR count). The molecule has 0 spiro atoms. The molecule has 0 bridgehead atoms. The van der Waals surface area contributed by atoms with Gasteiger partial charge in [-0.15, -0.1) is 0 Å². The summed E-state index contributed by atoms with van der Waals surface area (Å²) in [5.74, 6) is -0.408. The Bertz CT molecular complexity index is 656. The number of halogens is 1. The number of hydrogen-bond donors (Lipinski definition) is 0. The maximum Gasteiger partial charge on any atom is 0.314 e. The van der Waals surface area contributed by atoms with E-state index >= 15 is 0 Å². The molecule has 5 heteroatoms. The van der Waals surface area contributed by atoms with Crippen LogP contribution in [0.2, 0.25) is 5.02 Å². The molecule has 0 amide bonds. The minimum atomic E-state index is -1.22. The Morgan fingerprint density at radius 1 is 1.09 bits per heavy atom. The average molecular weight is 319 g/mol. The van der Waals surface area contributed by atoms with Crippen molar-refractivity contribution in [3.8, 4) is 11.5 Å². The maximum absolute atomic E-state index is 12.0. The van der Waals surface area contributed by atoms with Crippen molar-refractivity contribution in [2.24, 2.45) is 0 Å². The largest absolute Gasteiger partial charge is 0.466 e. The zero-order valence-electron chi connectivity index (χ0n) is 12.0. The third kappa shape index (κ3) is 2.74. The molecule has 0 radical (unpaired) electrons. The molecule has 0 saturated carbocycles. The summed E-state index contributed by atoms with van der Waals surface area (Å²) < 4.78 is 17.0. The van der Waals surface area contributed by atoms with Gasteiger partial charge in [0.25, 0.3) is 5.79 Å². The van der Waals surface area contributed by atoms with Gasteiger partial charge in [0.2, 0.25) is 0 Å². The first-order valence-corrected chi connectivity index (χ1v) is 7.39. The SMILES string of the molecule is CCOC(=O)CC1(c2ccc(Cl)cc2)Oc2ccccc2O1. The van der Waals surface area contributed by atoms with Crippen LogP contribution in [-0.2, 0) is 15.3 Å². The smallest absolute Gasteiger partial charge is 0.314 e. The Morgan fingerprint density at radius 3 is 2.23 bits per heavy atom. The molecule has 1 aliphatic rings. The monoisotopic (exact) mass is 318 g/mol. The van der Waals surface area contributed by atoms with Crippen LogP contribution in [-0.4, -0.2) is 12.6 Å². The number of rotatable bonds is 4. The van der Waals surface area contributed by atoms with Crippen LogP contribution in [0.3, 0.4) is 0 Å². The first-order chi connectivity index (χ1) is 10.6. The number of fused-ring (bicyclic) bond motifs is 1. The van der Waals surface area contributed by atoms with Gasteiger partial charge in [0.05, 0.1) is 6.61 Å². The second-order valence-electron chi connectivity index (χ2n) is 4.89. The molecule has 1 aliphatic heterocycles. The molecule has 2 aromatic carbocycles. The van der Waals surface area contributed by atoms with Gasteiger partial charge in [0.15, 0.2) is 11.5 Å². The minimum absolute atomic E-state index is 0.0445. The van der Waals surface area contributed by atoms with E-state index in [0.717, 1.165) is 0 Å². The Morgan fingerprint density at radius 2 is 1.68 bits per heavy atom. The van der Waals surface area contributed by atoms with Crippen molar-refractivity contribution in [2.45, 2.75) is 19.1 Å². The van der Waals surface area contributed by atoms with E-state index in [1.165, 1.54) is 0 Å². The van der Waals surface area contributed by atoms with Crippen molar-refractivity contribution in [1.82, 2.24) is 0 Å². The number of para-hydroxylation sites is 2. The summed E-state index contributed by atoms with van der Waals surface area (Å²) in [5.41, 5.74) is 0.709. The van der Waals surface area contributed by atoms with Gasteiger partial charge >= 0.3 is 5.97 Å². The van der Waals surface area contributed by atoms with Crippen LogP contribution in [0.25, 0.3) is 0 Å². The standard InChI is InChI=1S/C17H15ClO4/c1-2-20-16(19)11-17(12-7-9-13(18)10-8-12)21-14-5-3-4-6-15(14)22-17/h3-10H,2,11H2,1H3. The molecule has 2 aromatic rings. The van der Waals surface area contributed by atoms with E-state index in [-0.39, 0.29) is 12.4 Å². The summed E-state index contributed by atoms with van der Waals surface area (Å²) in [5, 5.41) is 0.602. The van der Waals surface area contributed by atoms with E-state index in [2.05, 4.69) is 0 Å². The van der Waals surface area contributed by atoms with Crippen molar-refractivity contribution in [3.05, 3.63) is 59.1 Å². The van der Waals surface area contributed by atoms with Crippen molar-refractivity contribution in [2.75, 3.05) is 6.61 Å². The number of esters is 1. The zero-order chi connectivity index (χ0) is 15.6. The first kappa shape index (κ1) is 14.7. The zero-order valence-corrected chi connectivity index (χ0v) is 12.8. The van der Waals surface area contributed by atoms with Gasteiger partial charge in [0.1, 0.15) is 6.42 Å². The van der Waals surface area contributed by atoms with Gasteiger partial charge in [-0.05, 0) is 43.3 Å². The molecule has 0 unspecified atom stereocenters. The summed E-state index contributed by atoms with van der Waals surface area (Å²) in [6.45, 7) is 2.07. The van der Waals surface area contributed by atoms with E-state index in [4.69, 9.17) is 25.8 Å². The van der Waals surface area contributed by atoms with Gasteiger partial charge in [0, 0.05) is 10.6 Å². The second-order valence-corrected chi connectivity index (χ2v) is 5.33. The van der Waals surface area contributed by atoms with Crippen LogP contribution in [0.1, 0.15) is 18.9 Å². The van der Waals surface area contributed by atoms with E-state index in [0.29, 0.717) is 28.7 Å². The summed E-state index contributed by atoms with van der Waals surface area (Å²) in [7, 11) is 0. The van der Waals surface area contributed by atoms with Crippen molar-refractivity contribution in [3.63, 3.8) is 0 Å². The highest BCUT2D eigenvalue weighted by atomic mass is 35.5. The number of benzene rings is 2. The molecule has 0 N–H and O–H groups in total. The lowest BCUT2D eigenvalue weighted by Crippen LogP contribution is -2.38. The Kier molecular flexibility index (Phi) is 3.94. The van der Waals surface area contributed by atoms with E-state index in [9.17, 15) is 4.79 Å². The van der Waals surface area contributed by atoms with Gasteiger partial charge < -0.3 is 14.2 Å². The lowest BCUT2D eigenvalue weighted by molar-refractivity contribution is -0.159. The predicted molar refractivity (Wildman–Crippen MR) is 82.1 cm³/mol. The molecule has 114 valence electrons. The number of carbonyl (C=O) groups excluding carboxylic acids is 1. The summed E-state index contributed by atoms with van der Waals surface area (Å²) in [6, 6.07) is 14.4. The molecule has 0 saturated heterocycles. The Labute approximate surface area is 133 Å². The van der Waals surface area contributed by atoms with Crippen molar-refractivity contribution in [1.29, 1.82) is 0 Å². The van der Waals surface area contributed by atoms with Crippen LogP contribution in [0.15, 0.2) is 48.5 Å². The van der Waals surface area contributed by atoms with Gasteiger partial charge in [-0.3, -0.25) is 4.79 Å². The number of carbonyl (C=O) groups is 1. The van der Waals surface area contributed by atoms with Crippen LogP contribution < -0.4 is 9.47 Å². The third-order valence-corrected chi connectivity index (χ3v) is 3.62. The van der Waals surface area contributed by atoms with E-state index < -0.39 is 5.79 Å². The Balaban J connectivity index is 1.97. The molecule has 4 nitrogen and oxygen atoms in total. The van der Waals surface area contributed by atoms with Crippen LogP contribution in [0.5, 0.6) is 11.5 Å². The quantitative estimate of drug-likeness (QED) is 0.802. The predicted octanol–water partition coefficient (Wildman–Crippen LogP) is 3.92. The third-order valence-electron chi connectivity index (χ3n) is 3.37. The fourth-order valence-electron chi connectivity index (χ4n) is 2.39. The number of ether oxygens (including phenoxy) is 3. The molecule has 0 aliphatic carbocycles. The highest BCUT2D eigenvalue weighted by molar-refractivity contribution is 6.30. The highest BCUT2D eigenvalue weighted by Gasteiger charge is 2.45. The molecule has 22 heavy (non-hydrogen) atoms. The normalized spacial score (nSPS) is 14.6. The molecular weight excluding hydrogens is 304 g/mol. The van der Waals surface area contributed by atoms with Gasteiger partial charge in [-0.25, -0.2) is 0 Å². The second kappa shape index (κ2) is 5.89. The fraction of sp³-hybridized carbons (Fsp3) is 0.235. The summed E-state index contributed by atoms with van der Waals surface area (Å²) in [4.78, 5) is 12.0. The first-order valence-electron chi connectivity index (χ1n) is 7.02. The van der Waals surface area contributed by atoms with Gasteiger partial charge in [-0.2, -0.15) is 0 Å². The lowest BCUT2D eigenvalue weighted by atomic mass is 10.0. The highest BCUT2D eigenvalue weighted by Crippen LogP contribution is 2.45. The number of hydrogen-bond acceptors (Lipinski definition) is 4. The molecule has 0 aromatic heterocycles. The van der Waals surface area contributed by atoms with Crippen molar-refractivity contribution < 1.29 is 19.0 Å². The fourth-order valence-corrected chi connectivity index (χ4v) is 2.52.